The maximum absolute atomic E-state index is 12.3. The number of hydrogen-bond acceptors (Lipinski definition) is 2. The van der Waals surface area contributed by atoms with E-state index in [9.17, 15) is 4.79 Å². The summed E-state index contributed by atoms with van der Waals surface area (Å²) in [5.41, 5.74) is 2.87. The van der Waals surface area contributed by atoms with Crippen LogP contribution < -0.4 is 5.32 Å². The van der Waals surface area contributed by atoms with Crippen molar-refractivity contribution in [2.45, 2.75) is 6.92 Å². The molecule has 0 aliphatic carbocycles. The summed E-state index contributed by atoms with van der Waals surface area (Å²) >= 11 is 12.0. The molecule has 1 amide bonds. The summed E-state index contributed by atoms with van der Waals surface area (Å²) in [6.45, 7) is 1.94. The Kier molecular flexibility index (Phi) is 4.01. The Morgan fingerprint density at radius 3 is 2.68 bits per heavy atom. The molecule has 0 saturated heterocycles. The first-order valence-corrected chi connectivity index (χ1v) is 7.42. The van der Waals surface area contributed by atoms with Gasteiger partial charge in [0.05, 0.1) is 16.1 Å². The average molecular weight is 331 g/mol. The summed E-state index contributed by atoms with van der Waals surface area (Å²) in [6, 6.07) is 14.3. The van der Waals surface area contributed by atoms with Crippen molar-refractivity contribution < 1.29 is 4.79 Å². The summed E-state index contributed by atoms with van der Waals surface area (Å²) in [7, 11) is 0. The van der Waals surface area contributed by atoms with Crippen molar-refractivity contribution in [2.75, 3.05) is 5.32 Å². The van der Waals surface area contributed by atoms with E-state index in [2.05, 4.69) is 10.3 Å². The Morgan fingerprint density at radius 1 is 1.05 bits per heavy atom. The molecule has 0 aliphatic heterocycles. The number of fused-ring (bicyclic) bond motifs is 1. The number of carbonyl (C=O) groups is 1. The zero-order chi connectivity index (χ0) is 15.7. The Bertz CT molecular complexity index is 878. The number of pyridine rings is 1. The molecule has 3 nitrogen and oxygen atoms in total. The van der Waals surface area contributed by atoms with E-state index in [0.717, 1.165) is 16.6 Å². The molecule has 110 valence electrons. The van der Waals surface area contributed by atoms with Crippen LogP contribution in [-0.4, -0.2) is 10.9 Å². The molecule has 5 heteroatoms. The van der Waals surface area contributed by atoms with E-state index in [4.69, 9.17) is 23.2 Å². The molecule has 0 radical (unpaired) electrons. The summed E-state index contributed by atoms with van der Waals surface area (Å²) in [4.78, 5) is 16.7. The molecule has 2 aromatic carbocycles. The molecule has 0 aliphatic rings. The molecule has 0 atom stereocenters. The van der Waals surface area contributed by atoms with Crippen molar-refractivity contribution in [3.05, 3.63) is 69.8 Å². The van der Waals surface area contributed by atoms with Gasteiger partial charge in [-0.15, -0.1) is 0 Å². The van der Waals surface area contributed by atoms with Crippen LogP contribution in [0.5, 0.6) is 0 Å². The van der Waals surface area contributed by atoms with Crippen LogP contribution in [-0.2, 0) is 0 Å². The van der Waals surface area contributed by atoms with Crippen LogP contribution >= 0.6 is 23.2 Å². The van der Waals surface area contributed by atoms with Crippen LogP contribution in [0.1, 0.15) is 16.1 Å². The van der Waals surface area contributed by atoms with Crippen LogP contribution in [0, 0.1) is 6.92 Å². The highest BCUT2D eigenvalue weighted by atomic mass is 35.5. The molecule has 0 spiro atoms. The number of benzene rings is 2. The molecule has 1 heterocycles. The molecule has 0 fully saturated rings. The Labute approximate surface area is 137 Å². The van der Waals surface area contributed by atoms with Crippen molar-refractivity contribution in [3.8, 4) is 0 Å². The number of carbonyl (C=O) groups excluding carboxylic acids is 1. The number of anilines is 1. The number of nitrogens with zero attached hydrogens (tertiary/aromatic N) is 1. The maximum atomic E-state index is 12.3. The van der Waals surface area contributed by atoms with Gasteiger partial charge in [0.25, 0.3) is 5.91 Å². The highest BCUT2D eigenvalue weighted by Gasteiger charge is 2.11. The fourth-order valence-corrected chi connectivity index (χ4v) is 2.55. The number of hydrogen-bond donors (Lipinski definition) is 1. The van der Waals surface area contributed by atoms with Gasteiger partial charge in [-0.2, -0.15) is 0 Å². The minimum Gasteiger partial charge on any atom is -0.322 e. The van der Waals surface area contributed by atoms with Gasteiger partial charge in [0.1, 0.15) is 0 Å². The van der Waals surface area contributed by atoms with Crippen molar-refractivity contribution in [1.29, 1.82) is 0 Å². The van der Waals surface area contributed by atoms with E-state index in [1.165, 1.54) is 0 Å². The van der Waals surface area contributed by atoms with Crippen molar-refractivity contribution >= 4 is 45.7 Å². The van der Waals surface area contributed by atoms with Gasteiger partial charge < -0.3 is 5.32 Å². The van der Waals surface area contributed by atoms with Crippen LogP contribution in [0.15, 0.2) is 48.5 Å². The molecule has 22 heavy (non-hydrogen) atoms. The van der Waals surface area contributed by atoms with Crippen LogP contribution in [0.4, 0.5) is 5.69 Å². The van der Waals surface area contributed by atoms with Gasteiger partial charge in [-0.05, 0) is 49.4 Å². The second kappa shape index (κ2) is 5.95. The van der Waals surface area contributed by atoms with Crippen LogP contribution in [0.2, 0.25) is 10.0 Å². The predicted molar refractivity (Wildman–Crippen MR) is 90.9 cm³/mol. The first kappa shape index (κ1) is 14.8. The lowest BCUT2D eigenvalue weighted by atomic mass is 10.1. The molecule has 3 aromatic rings. The van der Waals surface area contributed by atoms with E-state index in [-0.39, 0.29) is 5.91 Å². The van der Waals surface area contributed by atoms with Gasteiger partial charge >= 0.3 is 0 Å². The fraction of sp³-hybridized carbons (Fsp3) is 0.0588. The molecule has 0 unspecified atom stereocenters. The quantitative estimate of drug-likeness (QED) is 0.710. The van der Waals surface area contributed by atoms with Gasteiger partial charge in [-0.25, -0.2) is 0 Å². The van der Waals surface area contributed by atoms with Crippen LogP contribution in [0.3, 0.4) is 0 Å². The molecule has 0 saturated carbocycles. The zero-order valence-electron chi connectivity index (χ0n) is 11.7. The Hall–Kier alpha value is -2.10. The monoisotopic (exact) mass is 330 g/mol. The molecular formula is C17H12Cl2N2O. The van der Waals surface area contributed by atoms with Crippen molar-refractivity contribution in [2.24, 2.45) is 0 Å². The zero-order valence-corrected chi connectivity index (χ0v) is 13.2. The minimum atomic E-state index is -0.299. The highest BCUT2D eigenvalue weighted by molar-refractivity contribution is 6.36. The summed E-state index contributed by atoms with van der Waals surface area (Å²) < 4.78 is 0. The molecular weight excluding hydrogens is 319 g/mol. The predicted octanol–water partition coefficient (Wildman–Crippen LogP) is 5.10. The molecule has 1 aromatic heterocycles. The number of amides is 1. The minimum absolute atomic E-state index is 0.299. The van der Waals surface area contributed by atoms with Gasteiger partial charge in [0.15, 0.2) is 0 Å². The number of aromatic nitrogens is 1. The van der Waals surface area contributed by atoms with E-state index in [1.807, 2.05) is 37.3 Å². The largest absolute Gasteiger partial charge is 0.322 e. The third-order valence-corrected chi connectivity index (χ3v) is 3.82. The van der Waals surface area contributed by atoms with Gasteiger partial charge in [-0.3, -0.25) is 9.78 Å². The molecule has 3 rings (SSSR count). The van der Waals surface area contributed by atoms with Gasteiger partial charge in [0, 0.05) is 21.8 Å². The third-order valence-electron chi connectivity index (χ3n) is 3.26. The maximum Gasteiger partial charge on any atom is 0.257 e. The topological polar surface area (TPSA) is 42.0 Å². The standard InChI is InChI=1S/C17H12Cl2N2O/c1-10-2-3-11-8-13(5-7-16(11)20-10)21-17(22)14-9-12(18)4-6-15(14)19/h2-9H,1H3,(H,21,22). The first-order valence-electron chi connectivity index (χ1n) is 6.67. The smallest absolute Gasteiger partial charge is 0.257 e. The van der Waals surface area contributed by atoms with E-state index in [0.29, 0.717) is 21.3 Å². The first-order chi connectivity index (χ1) is 10.5. The van der Waals surface area contributed by atoms with E-state index >= 15 is 0 Å². The Balaban J connectivity index is 1.90. The summed E-state index contributed by atoms with van der Waals surface area (Å²) in [6.07, 6.45) is 0. The molecule has 1 N–H and O–H groups in total. The van der Waals surface area contributed by atoms with E-state index in [1.54, 1.807) is 18.2 Å². The normalized spacial score (nSPS) is 10.7. The number of rotatable bonds is 2. The number of nitrogens with one attached hydrogen (secondary N) is 1. The molecule has 0 bridgehead atoms. The second-order valence-corrected chi connectivity index (χ2v) is 5.78. The fourth-order valence-electron chi connectivity index (χ4n) is 2.18. The SMILES string of the molecule is Cc1ccc2cc(NC(=O)c3cc(Cl)ccc3Cl)ccc2n1. The van der Waals surface area contributed by atoms with Crippen LogP contribution in [0.25, 0.3) is 10.9 Å². The van der Waals surface area contributed by atoms with Crippen molar-refractivity contribution in [3.63, 3.8) is 0 Å². The summed E-state index contributed by atoms with van der Waals surface area (Å²) in [5.74, 6) is -0.299. The lowest BCUT2D eigenvalue weighted by Gasteiger charge is -2.08. The van der Waals surface area contributed by atoms with Gasteiger partial charge in [0.2, 0.25) is 0 Å². The lowest BCUT2D eigenvalue weighted by Crippen LogP contribution is -2.12. The average Bonchev–Trinajstić information content (AvgIpc) is 2.49. The second-order valence-electron chi connectivity index (χ2n) is 4.94. The number of halogens is 2. The van der Waals surface area contributed by atoms with Gasteiger partial charge in [-0.1, -0.05) is 29.3 Å². The number of aryl methyl sites for hydroxylation is 1. The van der Waals surface area contributed by atoms with Crippen molar-refractivity contribution in [1.82, 2.24) is 4.98 Å². The highest BCUT2D eigenvalue weighted by Crippen LogP contribution is 2.23. The lowest BCUT2D eigenvalue weighted by molar-refractivity contribution is 0.102. The Morgan fingerprint density at radius 2 is 1.86 bits per heavy atom. The van der Waals surface area contributed by atoms with E-state index < -0.39 is 0 Å². The third kappa shape index (κ3) is 3.06. The summed E-state index contributed by atoms with van der Waals surface area (Å²) in [5, 5.41) is 4.61.